The summed E-state index contributed by atoms with van der Waals surface area (Å²) in [5, 5.41) is 4.32. The lowest BCUT2D eigenvalue weighted by molar-refractivity contribution is -0.125. The van der Waals surface area contributed by atoms with Crippen molar-refractivity contribution in [2.24, 2.45) is 5.92 Å². The topological polar surface area (TPSA) is 29.1 Å². The molecule has 1 aliphatic carbocycles. The van der Waals surface area contributed by atoms with Crippen LogP contribution >= 0.6 is 23.2 Å². The Bertz CT molecular complexity index is 442. The zero-order chi connectivity index (χ0) is 13.7. The van der Waals surface area contributed by atoms with E-state index in [1.165, 1.54) is 19.3 Å². The first-order chi connectivity index (χ1) is 9.16. The third-order valence-electron chi connectivity index (χ3n) is 3.68. The number of amides is 1. The van der Waals surface area contributed by atoms with Crippen LogP contribution in [-0.4, -0.2) is 12.5 Å². The van der Waals surface area contributed by atoms with Gasteiger partial charge in [0.2, 0.25) is 5.91 Å². The summed E-state index contributed by atoms with van der Waals surface area (Å²) in [5.74, 6) is 0.416. The van der Waals surface area contributed by atoms with Gasteiger partial charge in [-0.05, 0) is 37.0 Å². The molecule has 0 aromatic heterocycles. The van der Waals surface area contributed by atoms with Crippen molar-refractivity contribution in [3.05, 3.63) is 33.8 Å². The fraction of sp³-hybridized carbons (Fsp3) is 0.533. The van der Waals surface area contributed by atoms with E-state index >= 15 is 0 Å². The van der Waals surface area contributed by atoms with Gasteiger partial charge in [-0.25, -0.2) is 0 Å². The van der Waals surface area contributed by atoms with Crippen LogP contribution in [0.15, 0.2) is 18.2 Å². The van der Waals surface area contributed by atoms with Crippen molar-refractivity contribution in [3.8, 4) is 0 Å². The maximum atomic E-state index is 12.0. The predicted molar refractivity (Wildman–Crippen MR) is 79.8 cm³/mol. The lowest BCUT2D eigenvalue weighted by atomic mass is 9.88. The molecule has 104 valence electrons. The lowest BCUT2D eigenvalue weighted by Gasteiger charge is -2.20. The smallest absolute Gasteiger partial charge is 0.223 e. The molecule has 0 saturated heterocycles. The number of hydrogen-bond acceptors (Lipinski definition) is 1. The summed E-state index contributed by atoms with van der Waals surface area (Å²) in [6.07, 6.45) is 6.45. The molecule has 1 N–H and O–H groups in total. The molecule has 2 nitrogen and oxygen atoms in total. The summed E-state index contributed by atoms with van der Waals surface area (Å²) < 4.78 is 0. The SMILES string of the molecule is O=C(NCCc1ccc(Cl)cc1Cl)C1CCCCC1. The van der Waals surface area contributed by atoms with Crippen molar-refractivity contribution >= 4 is 29.1 Å². The molecule has 1 aromatic carbocycles. The molecule has 19 heavy (non-hydrogen) atoms. The molecule has 1 saturated carbocycles. The molecule has 0 atom stereocenters. The average molecular weight is 300 g/mol. The highest BCUT2D eigenvalue weighted by Gasteiger charge is 2.20. The first-order valence-electron chi connectivity index (χ1n) is 6.88. The van der Waals surface area contributed by atoms with Crippen molar-refractivity contribution < 1.29 is 4.79 Å². The Kier molecular flexibility index (Phi) is 5.53. The quantitative estimate of drug-likeness (QED) is 0.885. The maximum absolute atomic E-state index is 12.0. The first-order valence-corrected chi connectivity index (χ1v) is 7.64. The number of rotatable bonds is 4. The van der Waals surface area contributed by atoms with E-state index in [1.54, 1.807) is 6.07 Å². The van der Waals surface area contributed by atoms with Gasteiger partial charge in [-0.2, -0.15) is 0 Å². The minimum Gasteiger partial charge on any atom is -0.356 e. The highest BCUT2D eigenvalue weighted by atomic mass is 35.5. The molecule has 1 aromatic rings. The van der Waals surface area contributed by atoms with Gasteiger partial charge in [0, 0.05) is 22.5 Å². The summed E-state index contributed by atoms with van der Waals surface area (Å²) >= 11 is 11.9. The molecule has 0 unspecified atom stereocenters. The minimum atomic E-state index is 0.199. The van der Waals surface area contributed by atoms with Gasteiger partial charge in [-0.1, -0.05) is 48.5 Å². The number of hydrogen-bond donors (Lipinski definition) is 1. The predicted octanol–water partition coefficient (Wildman–Crippen LogP) is 4.23. The van der Waals surface area contributed by atoms with Crippen LogP contribution in [0.3, 0.4) is 0 Å². The maximum Gasteiger partial charge on any atom is 0.223 e. The second-order valence-electron chi connectivity index (χ2n) is 5.11. The highest BCUT2D eigenvalue weighted by molar-refractivity contribution is 6.35. The van der Waals surface area contributed by atoms with Crippen LogP contribution in [0, 0.1) is 5.92 Å². The number of benzene rings is 1. The summed E-state index contributed by atoms with van der Waals surface area (Å²) in [4.78, 5) is 12.0. The Morgan fingerprint density at radius 3 is 2.63 bits per heavy atom. The molecule has 0 bridgehead atoms. The van der Waals surface area contributed by atoms with E-state index in [-0.39, 0.29) is 11.8 Å². The molecule has 0 aliphatic heterocycles. The molecule has 0 spiro atoms. The van der Waals surface area contributed by atoms with Crippen molar-refractivity contribution in [2.45, 2.75) is 38.5 Å². The Balaban J connectivity index is 1.78. The van der Waals surface area contributed by atoms with Crippen LogP contribution in [0.2, 0.25) is 10.0 Å². The van der Waals surface area contributed by atoms with Crippen LogP contribution in [0.4, 0.5) is 0 Å². The standard InChI is InChI=1S/C15H19Cl2NO/c16-13-7-6-11(14(17)10-13)8-9-18-15(19)12-4-2-1-3-5-12/h6-7,10,12H,1-5,8-9H2,(H,18,19). The van der Waals surface area contributed by atoms with E-state index in [1.807, 2.05) is 12.1 Å². The van der Waals surface area contributed by atoms with Gasteiger partial charge in [0.1, 0.15) is 0 Å². The summed E-state index contributed by atoms with van der Waals surface area (Å²) in [7, 11) is 0. The highest BCUT2D eigenvalue weighted by Crippen LogP contribution is 2.24. The Morgan fingerprint density at radius 1 is 1.21 bits per heavy atom. The molecule has 0 heterocycles. The van der Waals surface area contributed by atoms with Gasteiger partial charge >= 0.3 is 0 Å². The van der Waals surface area contributed by atoms with Crippen LogP contribution in [0.5, 0.6) is 0 Å². The third kappa shape index (κ3) is 4.39. The van der Waals surface area contributed by atoms with Crippen LogP contribution in [0.1, 0.15) is 37.7 Å². The molecule has 1 amide bonds. The first kappa shape index (κ1) is 14.7. The summed E-state index contributed by atoms with van der Waals surface area (Å²) in [5.41, 5.74) is 1.02. The van der Waals surface area contributed by atoms with Crippen molar-refractivity contribution in [3.63, 3.8) is 0 Å². The fourth-order valence-electron chi connectivity index (χ4n) is 2.55. The molecular weight excluding hydrogens is 281 g/mol. The molecular formula is C15H19Cl2NO. The molecule has 1 aliphatic rings. The van der Waals surface area contributed by atoms with Crippen LogP contribution < -0.4 is 5.32 Å². The zero-order valence-electron chi connectivity index (χ0n) is 10.9. The molecule has 0 radical (unpaired) electrons. The number of halogens is 2. The number of nitrogens with one attached hydrogen (secondary N) is 1. The van der Waals surface area contributed by atoms with Crippen LogP contribution in [-0.2, 0) is 11.2 Å². The molecule has 4 heteroatoms. The Hall–Kier alpha value is -0.730. The van der Waals surface area contributed by atoms with Crippen LogP contribution in [0.25, 0.3) is 0 Å². The van der Waals surface area contributed by atoms with Crippen molar-refractivity contribution in [2.75, 3.05) is 6.54 Å². The minimum absolute atomic E-state index is 0.199. The summed E-state index contributed by atoms with van der Waals surface area (Å²) in [6.45, 7) is 0.636. The van der Waals surface area contributed by atoms with Crippen molar-refractivity contribution in [1.82, 2.24) is 5.32 Å². The van der Waals surface area contributed by atoms with Crippen molar-refractivity contribution in [1.29, 1.82) is 0 Å². The van der Waals surface area contributed by atoms with E-state index in [2.05, 4.69) is 5.32 Å². The molecule has 1 fully saturated rings. The monoisotopic (exact) mass is 299 g/mol. The number of carbonyl (C=O) groups excluding carboxylic acids is 1. The van der Waals surface area contributed by atoms with Gasteiger partial charge in [0.25, 0.3) is 0 Å². The van der Waals surface area contributed by atoms with Gasteiger partial charge in [0.15, 0.2) is 0 Å². The zero-order valence-corrected chi connectivity index (χ0v) is 12.4. The van der Waals surface area contributed by atoms with E-state index in [4.69, 9.17) is 23.2 Å². The number of carbonyl (C=O) groups is 1. The Labute approximate surface area is 124 Å². The van der Waals surface area contributed by atoms with E-state index < -0.39 is 0 Å². The normalized spacial score (nSPS) is 16.3. The van der Waals surface area contributed by atoms with Gasteiger partial charge in [-0.15, -0.1) is 0 Å². The van der Waals surface area contributed by atoms with E-state index in [9.17, 15) is 4.79 Å². The van der Waals surface area contributed by atoms with Gasteiger partial charge < -0.3 is 5.32 Å². The third-order valence-corrected chi connectivity index (χ3v) is 4.27. The second-order valence-corrected chi connectivity index (χ2v) is 5.96. The average Bonchev–Trinajstić information content (AvgIpc) is 2.42. The van der Waals surface area contributed by atoms with Gasteiger partial charge in [-0.3, -0.25) is 4.79 Å². The Morgan fingerprint density at radius 2 is 1.95 bits per heavy atom. The lowest BCUT2D eigenvalue weighted by Crippen LogP contribution is -2.33. The summed E-state index contributed by atoms with van der Waals surface area (Å²) in [6, 6.07) is 5.48. The fourth-order valence-corrected chi connectivity index (χ4v) is 3.06. The largest absolute Gasteiger partial charge is 0.356 e. The van der Waals surface area contributed by atoms with Gasteiger partial charge in [0.05, 0.1) is 0 Å². The molecule has 2 rings (SSSR count). The van der Waals surface area contributed by atoms with E-state index in [0.29, 0.717) is 16.6 Å². The van der Waals surface area contributed by atoms with E-state index in [0.717, 1.165) is 24.8 Å². The second kappa shape index (κ2) is 7.16.